The molecule has 28 heavy (non-hydrogen) atoms. The van der Waals surface area contributed by atoms with Crippen molar-refractivity contribution in [3.63, 3.8) is 0 Å². The highest BCUT2D eigenvalue weighted by Gasteiger charge is 2.26. The Morgan fingerprint density at radius 3 is 2.96 bits per heavy atom. The lowest BCUT2D eigenvalue weighted by Gasteiger charge is -2.10. The van der Waals surface area contributed by atoms with Crippen molar-refractivity contribution >= 4 is 22.4 Å². The van der Waals surface area contributed by atoms with E-state index in [0.29, 0.717) is 37.8 Å². The van der Waals surface area contributed by atoms with Crippen LogP contribution in [-0.4, -0.2) is 44.1 Å². The molecule has 6 heteroatoms. The van der Waals surface area contributed by atoms with Crippen LogP contribution >= 0.6 is 0 Å². The van der Waals surface area contributed by atoms with Gasteiger partial charge in [-0.25, -0.2) is 0 Å². The molecule has 2 aromatic carbocycles. The van der Waals surface area contributed by atoms with E-state index in [1.807, 2.05) is 12.1 Å². The minimum absolute atomic E-state index is 0.143. The van der Waals surface area contributed by atoms with Gasteiger partial charge >= 0.3 is 0 Å². The lowest BCUT2D eigenvalue weighted by molar-refractivity contribution is -0.114. The summed E-state index contributed by atoms with van der Waals surface area (Å²) in [4.78, 5) is 17.5. The standard InChI is InChI=1S/C22H26N2O4/c25-22(23-9-7-16-8-10-26-13-16)21-12-20(28-24-21)15-27-14-17-5-6-18-3-1-2-4-19(18)11-17/h1-6,11,16,20H,7-10,12-15H2,(H,23,25). The second kappa shape index (κ2) is 9.17. The SMILES string of the molecule is O=C(NCCC1CCOC1)C1=NOC(COCc2ccc3ccccc3c2)C1. The molecule has 2 aliphatic heterocycles. The van der Waals surface area contributed by atoms with E-state index in [9.17, 15) is 4.79 Å². The van der Waals surface area contributed by atoms with Gasteiger partial charge in [-0.05, 0) is 41.2 Å². The van der Waals surface area contributed by atoms with E-state index in [1.54, 1.807) is 0 Å². The Balaban J connectivity index is 1.16. The predicted octanol–water partition coefficient (Wildman–Crippen LogP) is 3.04. The summed E-state index contributed by atoms with van der Waals surface area (Å²) in [5.41, 5.74) is 1.56. The summed E-state index contributed by atoms with van der Waals surface area (Å²) in [6, 6.07) is 14.6. The first-order valence-corrected chi connectivity index (χ1v) is 9.92. The van der Waals surface area contributed by atoms with Crippen LogP contribution in [0.5, 0.6) is 0 Å². The van der Waals surface area contributed by atoms with Gasteiger partial charge in [0.2, 0.25) is 0 Å². The van der Waals surface area contributed by atoms with Crippen LogP contribution in [0.3, 0.4) is 0 Å². The third kappa shape index (κ3) is 4.88. The fourth-order valence-electron chi connectivity index (χ4n) is 3.59. The number of hydrogen-bond acceptors (Lipinski definition) is 5. The van der Waals surface area contributed by atoms with Crippen LogP contribution in [0.15, 0.2) is 47.6 Å². The molecule has 1 fully saturated rings. The first-order chi connectivity index (χ1) is 13.8. The molecule has 0 aliphatic carbocycles. The van der Waals surface area contributed by atoms with Crippen LogP contribution in [0.1, 0.15) is 24.8 Å². The van der Waals surface area contributed by atoms with Crippen molar-refractivity contribution in [3.8, 4) is 0 Å². The van der Waals surface area contributed by atoms with Crippen molar-refractivity contribution in [2.24, 2.45) is 11.1 Å². The van der Waals surface area contributed by atoms with Crippen LogP contribution in [-0.2, 0) is 25.7 Å². The highest BCUT2D eigenvalue weighted by molar-refractivity contribution is 6.39. The van der Waals surface area contributed by atoms with Gasteiger partial charge in [-0.1, -0.05) is 41.6 Å². The zero-order chi connectivity index (χ0) is 19.2. The monoisotopic (exact) mass is 382 g/mol. The van der Waals surface area contributed by atoms with Crippen LogP contribution in [0.4, 0.5) is 0 Å². The Morgan fingerprint density at radius 2 is 2.11 bits per heavy atom. The first-order valence-electron chi connectivity index (χ1n) is 9.92. The van der Waals surface area contributed by atoms with Crippen LogP contribution in [0.25, 0.3) is 10.8 Å². The quantitative estimate of drug-likeness (QED) is 0.762. The van der Waals surface area contributed by atoms with E-state index in [4.69, 9.17) is 14.3 Å². The molecule has 2 atom stereocenters. The summed E-state index contributed by atoms with van der Waals surface area (Å²) in [7, 11) is 0. The number of carbonyl (C=O) groups excluding carboxylic acids is 1. The van der Waals surface area contributed by atoms with Crippen LogP contribution in [0.2, 0.25) is 0 Å². The normalized spacial score (nSPS) is 21.5. The van der Waals surface area contributed by atoms with Gasteiger partial charge < -0.3 is 19.6 Å². The summed E-state index contributed by atoms with van der Waals surface area (Å²) < 4.78 is 11.1. The molecule has 148 valence electrons. The molecule has 1 amide bonds. The van der Waals surface area contributed by atoms with Gasteiger partial charge in [-0.3, -0.25) is 4.79 Å². The summed E-state index contributed by atoms with van der Waals surface area (Å²) in [6.45, 7) is 3.20. The molecule has 2 unspecified atom stereocenters. The van der Waals surface area contributed by atoms with Gasteiger partial charge in [-0.15, -0.1) is 0 Å². The summed E-state index contributed by atoms with van der Waals surface area (Å²) in [5, 5.41) is 9.28. The van der Waals surface area contributed by atoms with Crippen molar-refractivity contribution in [2.75, 3.05) is 26.4 Å². The Labute approximate surface area is 164 Å². The Bertz CT molecular complexity index is 845. The third-order valence-corrected chi connectivity index (χ3v) is 5.24. The van der Waals surface area contributed by atoms with Gasteiger partial charge in [0, 0.05) is 26.2 Å². The second-order valence-corrected chi connectivity index (χ2v) is 7.44. The Hall–Kier alpha value is -2.44. The lowest BCUT2D eigenvalue weighted by atomic mass is 10.1. The van der Waals surface area contributed by atoms with E-state index < -0.39 is 0 Å². The Kier molecular flexibility index (Phi) is 6.19. The van der Waals surface area contributed by atoms with Crippen molar-refractivity contribution < 1.29 is 19.1 Å². The number of carbonyl (C=O) groups is 1. The largest absolute Gasteiger partial charge is 0.389 e. The molecule has 0 radical (unpaired) electrons. The van der Waals surface area contributed by atoms with Gasteiger partial charge in [0.1, 0.15) is 5.71 Å². The number of nitrogens with zero attached hydrogens (tertiary/aromatic N) is 1. The molecule has 0 spiro atoms. The molecule has 1 N–H and O–H groups in total. The maximum Gasteiger partial charge on any atom is 0.269 e. The number of amides is 1. The van der Waals surface area contributed by atoms with Gasteiger partial charge in [-0.2, -0.15) is 0 Å². The van der Waals surface area contributed by atoms with E-state index in [0.717, 1.165) is 31.6 Å². The minimum atomic E-state index is -0.204. The second-order valence-electron chi connectivity index (χ2n) is 7.44. The molecule has 2 heterocycles. The van der Waals surface area contributed by atoms with Crippen molar-refractivity contribution in [1.29, 1.82) is 0 Å². The lowest BCUT2D eigenvalue weighted by Crippen LogP contribution is -2.33. The molecule has 0 bridgehead atoms. The predicted molar refractivity (Wildman–Crippen MR) is 107 cm³/mol. The zero-order valence-electron chi connectivity index (χ0n) is 15.9. The molecule has 2 aliphatic rings. The average Bonchev–Trinajstić information content (AvgIpc) is 3.40. The van der Waals surface area contributed by atoms with Crippen molar-refractivity contribution in [2.45, 2.75) is 32.0 Å². The molecule has 0 aromatic heterocycles. The fraction of sp³-hybridized carbons (Fsp3) is 0.455. The Morgan fingerprint density at radius 1 is 1.21 bits per heavy atom. The number of rotatable bonds is 8. The first kappa shape index (κ1) is 18.9. The molecular formula is C22H26N2O4. The van der Waals surface area contributed by atoms with E-state index in [-0.39, 0.29) is 12.0 Å². The number of hydrogen-bond donors (Lipinski definition) is 1. The topological polar surface area (TPSA) is 69.2 Å². The van der Waals surface area contributed by atoms with Crippen molar-refractivity contribution in [3.05, 3.63) is 48.0 Å². The zero-order valence-corrected chi connectivity index (χ0v) is 15.9. The minimum Gasteiger partial charge on any atom is -0.389 e. The molecule has 6 nitrogen and oxygen atoms in total. The third-order valence-electron chi connectivity index (χ3n) is 5.24. The van der Waals surface area contributed by atoms with E-state index >= 15 is 0 Å². The van der Waals surface area contributed by atoms with Gasteiger partial charge in [0.25, 0.3) is 5.91 Å². The van der Waals surface area contributed by atoms with Gasteiger partial charge in [0.15, 0.2) is 6.10 Å². The van der Waals surface area contributed by atoms with Crippen LogP contribution < -0.4 is 5.32 Å². The molecular weight excluding hydrogens is 356 g/mol. The highest BCUT2D eigenvalue weighted by atomic mass is 16.7. The molecule has 2 aromatic rings. The van der Waals surface area contributed by atoms with E-state index in [2.05, 4.69) is 40.8 Å². The van der Waals surface area contributed by atoms with Gasteiger partial charge in [0.05, 0.1) is 13.2 Å². The number of nitrogens with one attached hydrogen (secondary N) is 1. The molecule has 4 rings (SSSR count). The number of oxime groups is 1. The van der Waals surface area contributed by atoms with Crippen LogP contribution in [0, 0.1) is 5.92 Å². The fourth-order valence-corrected chi connectivity index (χ4v) is 3.59. The summed E-state index contributed by atoms with van der Waals surface area (Å²) >= 11 is 0. The molecule has 1 saturated heterocycles. The molecule has 0 saturated carbocycles. The van der Waals surface area contributed by atoms with E-state index in [1.165, 1.54) is 10.8 Å². The summed E-state index contributed by atoms with van der Waals surface area (Å²) in [6.07, 6.45) is 2.30. The highest BCUT2D eigenvalue weighted by Crippen LogP contribution is 2.18. The maximum absolute atomic E-state index is 12.2. The van der Waals surface area contributed by atoms with Crippen molar-refractivity contribution in [1.82, 2.24) is 5.32 Å². The summed E-state index contributed by atoms with van der Waals surface area (Å²) in [5.74, 6) is 0.411. The number of fused-ring (bicyclic) bond motifs is 1. The number of benzene rings is 2. The smallest absolute Gasteiger partial charge is 0.269 e. The maximum atomic E-state index is 12.2. The number of ether oxygens (including phenoxy) is 2. The average molecular weight is 382 g/mol.